The van der Waals surface area contributed by atoms with Crippen LogP contribution in [0.25, 0.3) is 0 Å². The van der Waals surface area contributed by atoms with Gasteiger partial charge in [-0.3, -0.25) is 0 Å². The second-order valence-electron chi connectivity index (χ2n) is 5.21. The number of carboxylic acid groups (broad SMARTS) is 1. The van der Waals surface area contributed by atoms with Gasteiger partial charge >= 0.3 is 47.4 Å². The highest BCUT2D eigenvalue weighted by molar-refractivity contribution is 5.84. The van der Waals surface area contributed by atoms with Crippen molar-refractivity contribution in [2.45, 2.75) is 48.3 Å². The van der Waals surface area contributed by atoms with Gasteiger partial charge in [-0.05, 0) is 11.4 Å². The fourth-order valence-corrected chi connectivity index (χ4v) is 1.64. The van der Waals surface area contributed by atoms with Crippen LogP contribution in [0.4, 0.5) is 61.6 Å². The normalized spacial score (nSPS) is 25.8. The number of carboxylic acids is 1. The Morgan fingerprint density at radius 3 is 1.18 bits per heavy atom. The van der Waals surface area contributed by atoms with Crippen molar-refractivity contribution in [3.63, 3.8) is 0 Å². The minimum atomic E-state index is -7.86. The average Bonchev–Trinajstić information content (AvgIpc) is 2.52. The van der Waals surface area contributed by atoms with Crippen LogP contribution < -0.4 is 0 Å². The summed E-state index contributed by atoms with van der Waals surface area (Å²) in [5.41, 5.74) is -7.66. The molecule has 17 heteroatoms. The van der Waals surface area contributed by atoms with Crippen molar-refractivity contribution in [1.29, 1.82) is 0 Å². The van der Waals surface area contributed by atoms with E-state index in [4.69, 9.17) is 5.11 Å². The molecule has 0 aromatic heterocycles. The average molecular weight is 452 g/mol. The number of halogens is 14. The highest BCUT2D eigenvalue weighted by Crippen LogP contribution is 2.72. The Kier molecular flexibility index (Phi) is 6.19. The zero-order valence-corrected chi connectivity index (χ0v) is 12.8. The Morgan fingerprint density at radius 1 is 0.786 bits per heavy atom. The van der Waals surface area contributed by atoms with Crippen molar-refractivity contribution >= 4 is 5.97 Å². The molecule has 1 fully saturated rings. The maximum Gasteiger partial charge on any atom is 0.431 e. The number of alkyl halides is 13. The Bertz CT molecular complexity index is 598. The van der Waals surface area contributed by atoms with Crippen molar-refractivity contribution < 1.29 is 76.4 Å². The lowest BCUT2D eigenvalue weighted by Crippen LogP contribution is -2.87. The van der Waals surface area contributed by atoms with Gasteiger partial charge in [0.05, 0.1) is 0 Å². The summed E-state index contributed by atoms with van der Waals surface area (Å²) in [6.07, 6.45) is -7.33. The van der Waals surface area contributed by atoms with Crippen molar-refractivity contribution in [2.75, 3.05) is 0 Å². The lowest BCUT2D eigenvalue weighted by Gasteiger charge is -2.52. The lowest BCUT2D eigenvalue weighted by molar-refractivity contribution is -0.541. The summed E-state index contributed by atoms with van der Waals surface area (Å²) in [7, 11) is 0. The standard InChI is InChI=1S/C7F14O.C4H6O2/c8-1(7(19,20)22-21)2(9,10)4(13,14)6(17,18)5(15,16)3(1,11)12;1-3(2)4(5)6/h;1H2,2H3,(H,5,6). The van der Waals surface area contributed by atoms with Gasteiger partial charge in [-0.2, -0.15) is 52.7 Å². The Balaban J connectivity index is 0.00000105. The molecular formula is C11H6F14O3. The molecule has 0 aromatic carbocycles. The molecule has 0 bridgehead atoms. The number of hydrogen-bond acceptors (Lipinski definition) is 2. The van der Waals surface area contributed by atoms with E-state index in [0.29, 0.717) is 0 Å². The predicted molar refractivity (Wildman–Crippen MR) is 58.2 cm³/mol. The molecule has 1 aliphatic carbocycles. The largest absolute Gasteiger partial charge is 0.478 e. The van der Waals surface area contributed by atoms with Gasteiger partial charge in [0.2, 0.25) is 0 Å². The summed E-state index contributed by atoms with van der Waals surface area (Å²) in [5, 5.41) is 7.89. The van der Waals surface area contributed by atoms with Gasteiger partial charge in [0.15, 0.2) is 0 Å². The molecule has 0 spiro atoms. The molecule has 0 saturated heterocycles. The van der Waals surface area contributed by atoms with Gasteiger partial charge in [0.1, 0.15) is 0 Å². The van der Waals surface area contributed by atoms with E-state index in [9.17, 15) is 66.4 Å². The molecule has 0 aromatic rings. The maximum absolute atomic E-state index is 13.3. The first-order chi connectivity index (χ1) is 12.0. The molecule has 1 N–H and O–H groups in total. The van der Waals surface area contributed by atoms with E-state index in [1.54, 1.807) is 0 Å². The monoisotopic (exact) mass is 452 g/mol. The van der Waals surface area contributed by atoms with Crippen molar-refractivity contribution in [2.24, 2.45) is 0 Å². The zero-order chi connectivity index (χ0) is 23.4. The lowest BCUT2D eigenvalue weighted by atomic mass is 9.71. The molecule has 0 atom stereocenters. The Hall–Kier alpha value is -1.81. The molecule has 0 radical (unpaired) electrons. The second-order valence-corrected chi connectivity index (χ2v) is 5.21. The topological polar surface area (TPSA) is 46.5 Å². The van der Waals surface area contributed by atoms with E-state index in [-0.39, 0.29) is 5.57 Å². The molecular weight excluding hydrogens is 446 g/mol. The smallest absolute Gasteiger partial charge is 0.431 e. The first-order valence-electron chi connectivity index (χ1n) is 6.10. The van der Waals surface area contributed by atoms with E-state index in [1.807, 2.05) is 0 Å². The Morgan fingerprint density at radius 2 is 1.00 bits per heavy atom. The van der Waals surface area contributed by atoms with Crippen molar-refractivity contribution in [3.05, 3.63) is 12.2 Å². The predicted octanol–water partition coefficient (Wildman–Crippen LogP) is 5.03. The number of rotatable bonds is 3. The molecule has 1 aliphatic rings. The summed E-state index contributed by atoms with van der Waals surface area (Å²) in [6, 6.07) is 0. The van der Waals surface area contributed by atoms with E-state index < -0.39 is 47.4 Å². The van der Waals surface area contributed by atoms with Gasteiger partial charge in [-0.25, -0.2) is 9.18 Å². The summed E-state index contributed by atoms with van der Waals surface area (Å²) in [4.78, 5) is 10.6. The third-order valence-electron chi connectivity index (χ3n) is 3.31. The molecule has 3 nitrogen and oxygen atoms in total. The minimum Gasteiger partial charge on any atom is -0.478 e. The summed E-state index contributed by atoms with van der Waals surface area (Å²) in [6.45, 7) is 4.60. The first-order valence-corrected chi connectivity index (χ1v) is 6.10. The van der Waals surface area contributed by atoms with Gasteiger partial charge < -0.3 is 5.11 Å². The third kappa shape index (κ3) is 2.80. The first kappa shape index (κ1) is 26.2. The molecule has 166 valence electrons. The fourth-order valence-electron chi connectivity index (χ4n) is 1.64. The van der Waals surface area contributed by atoms with Gasteiger partial charge in [0.25, 0.3) is 0 Å². The molecule has 1 rings (SSSR count). The third-order valence-corrected chi connectivity index (χ3v) is 3.31. The SMILES string of the molecule is C=C(C)C(=O)O.FOC(F)(F)C1(F)C(F)(F)C(F)(F)C(F)(F)C(F)(F)C1(F)F. The summed E-state index contributed by atoms with van der Waals surface area (Å²) < 4.78 is 177. The van der Waals surface area contributed by atoms with E-state index in [1.165, 1.54) is 6.92 Å². The van der Waals surface area contributed by atoms with Crippen LogP contribution in [0.2, 0.25) is 0 Å². The van der Waals surface area contributed by atoms with Gasteiger partial charge in [-0.15, -0.1) is 4.94 Å². The molecule has 0 unspecified atom stereocenters. The summed E-state index contributed by atoms with van der Waals surface area (Å²) >= 11 is 0. The van der Waals surface area contributed by atoms with Crippen LogP contribution in [0.3, 0.4) is 0 Å². The van der Waals surface area contributed by atoms with Crippen LogP contribution in [0.1, 0.15) is 6.92 Å². The van der Waals surface area contributed by atoms with Crippen LogP contribution in [0, 0.1) is 0 Å². The quantitative estimate of drug-likeness (QED) is 0.483. The number of aliphatic carboxylic acids is 1. The summed E-state index contributed by atoms with van der Waals surface area (Å²) in [5.74, 6) is -39.8. The van der Waals surface area contributed by atoms with Crippen molar-refractivity contribution in [3.8, 4) is 0 Å². The number of hydrogen-bond donors (Lipinski definition) is 1. The molecule has 28 heavy (non-hydrogen) atoms. The van der Waals surface area contributed by atoms with Gasteiger partial charge in [0, 0.05) is 5.57 Å². The maximum atomic E-state index is 13.3. The van der Waals surface area contributed by atoms with E-state index in [2.05, 4.69) is 6.58 Å². The second kappa shape index (κ2) is 6.62. The van der Waals surface area contributed by atoms with Crippen LogP contribution >= 0.6 is 0 Å². The number of carbonyl (C=O) groups is 1. The Labute approximate surface area is 144 Å². The molecule has 0 heterocycles. The van der Waals surface area contributed by atoms with E-state index >= 15 is 0 Å². The van der Waals surface area contributed by atoms with Crippen LogP contribution in [-0.4, -0.2) is 52.5 Å². The van der Waals surface area contributed by atoms with Crippen LogP contribution in [0.15, 0.2) is 12.2 Å². The zero-order valence-electron chi connectivity index (χ0n) is 12.8. The fraction of sp³-hybridized carbons (Fsp3) is 0.727. The molecule has 0 amide bonds. The van der Waals surface area contributed by atoms with Crippen LogP contribution in [0.5, 0.6) is 0 Å². The minimum absolute atomic E-state index is 0.176. The molecule has 0 aliphatic heterocycles. The van der Waals surface area contributed by atoms with Gasteiger partial charge in [-0.1, -0.05) is 6.58 Å². The van der Waals surface area contributed by atoms with E-state index in [0.717, 1.165) is 4.94 Å². The molecule has 1 saturated carbocycles. The highest BCUT2D eigenvalue weighted by atomic mass is 19.4. The van der Waals surface area contributed by atoms with Crippen LogP contribution in [-0.2, 0) is 9.74 Å². The highest BCUT2D eigenvalue weighted by Gasteiger charge is 3.05. The van der Waals surface area contributed by atoms with Crippen molar-refractivity contribution in [1.82, 2.24) is 0 Å².